The van der Waals surface area contributed by atoms with Crippen molar-refractivity contribution in [2.24, 2.45) is 0 Å². The van der Waals surface area contributed by atoms with Crippen LogP contribution in [0.2, 0.25) is 0 Å². The van der Waals surface area contributed by atoms with Gasteiger partial charge in [-0.2, -0.15) is 0 Å². The molecule has 2 heterocycles. The van der Waals surface area contributed by atoms with Crippen molar-refractivity contribution in [3.63, 3.8) is 0 Å². The highest BCUT2D eigenvalue weighted by molar-refractivity contribution is 6.11. The first-order valence-corrected chi connectivity index (χ1v) is 7.74. The molecule has 0 aliphatic rings. The van der Waals surface area contributed by atoms with E-state index in [9.17, 15) is 4.79 Å². The van der Waals surface area contributed by atoms with E-state index < -0.39 is 0 Å². The molecule has 2 aromatic heterocycles. The molecule has 118 valence electrons. The maximum atomic E-state index is 12.5. The van der Waals surface area contributed by atoms with Crippen molar-refractivity contribution in [3.05, 3.63) is 66.4 Å². The third-order valence-electron chi connectivity index (χ3n) is 4.10. The summed E-state index contributed by atoms with van der Waals surface area (Å²) in [7, 11) is 3.47. The van der Waals surface area contributed by atoms with Gasteiger partial charge in [-0.1, -0.05) is 30.3 Å². The van der Waals surface area contributed by atoms with Gasteiger partial charge in [0.05, 0.1) is 11.3 Å². The molecule has 0 saturated carbocycles. The van der Waals surface area contributed by atoms with Crippen molar-refractivity contribution in [1.82, 2.24) is 9.88 Å². The number of carbonyl (C=O) groups is 1. The summed E-state index contributed by atoms with van der Waals surface area (Å²) in [5, 5.41) is 2.09. The lowest BCUT2D eigenvalue weighted by atomic mass is 10.0. The molecule has 0 aliphatic heterocycles. The van der Waals surface area contributed by atoms with Crippen molar-refractivity contribution >= 4 is 27.8 Å². The zero-order chi connectivity index (χ0) is 16.7. The summed E-state index contributed by atoms with van der Waals surface area (Å²) in [6, 6.07) is 17.4. The van der Waals surface area contributed by atoms with E-state index in [4.69, 9.17) is 4.42 Å². The minimum Gasteiger partial charge on any atom is -0.455 e. The lowest BCUT2D eigenvalue weighted by Gasteiger charge is -2.13. The van der Waals surface area contributed by atoms with Gasteiger partial charge in [-0.15, -0.1) is 0 Å². The van der Waals surface area contributed by atoms with Gasteiger partial charge in [0.15, 0.2) is 0 Å². The van der Waals surface area contributed by atoms with Gasteiger partial charge in [0, 0.05) is 36.6 Å². The van der Waals surface area contributed by atoms with Crippen LogP contribution in [-0.2, 0) is 0 Å². The van der Waals surface area contributed by atoms with Crippen LogP contribution in [0.1, 0.15) is 10.4 Å². The number of amides is 1. The Morgan fingerprint density at radius 2 is 1.75 bits per heavy atom. The number of furan rings is 1. The summed E-state index contributed by atoms with van der Waals surface area (Å²) in [5.41, 5.74) is 3.62. The first-order valence-electron chi connectivity index (χ1n) is 7.74. The zero-order valence-electron chi connectivity index (χ0n) is 13.5. The van der Waals surface area contributed by atoms with Crippen LogP contribution in [0.4, 0.5) is 0 Å². The third-order valence-corrected chi connectivity index (χ3v) is 4.10. The molecule has 0 fully saturated rings. The van der Waals surface area contributed by atoms with E-state index >= 15 is 0 Å². The van der Waals surface area contributed by atoms with Crippen molar-refractivity contribution in [1.29, 1.82) is 0 Å². The fraction of sp³-hybridized carbons (Fsp3) is 0.100. The second-order valence-corrected chi connectivity index (χ2v) is 5.88. The largest absolute Gasteiger partial charge is 0.455 e. The number of aromatic nitrogens is 1. The molecule has 2 aromatic carbocycles. The van der Waals surface area contributed by atoms with Crippen molar-refractivity contribution in [2.45, 2.75) is 0 Å². The number of benzene rings is 2. The number of para-hydroxylation sites is 2. The van der Waals surface area contributed by atoms with Crippen LogP contribution in [0, 0.1) is 0 Å². The third kappa shape index (κ3) is 2.15. The lowest BCUT2D eigenvalue weighted by Crippen LogP contribution is -2.22. The van der Waals surface area contributed by atoms with Crippen molar-refractivity contribution < 1.29 is 9.21 Å². The normalized spacial score (nSPS) is 11.1. The summed E-state index contributed by atoms with van der Waals surface area (Å²) >= 11 is 0. The van der Waals surface area contributed by atoms with Gasteiger partial charge in [0.25, 0.3) is 5.91 Å². The van der Waals surface area contributed by atoms with Gasteiger partial charge in [0.2, 0.25) is 0 Å². The number of nitrogens with zero attached hydrogens (tertiary/aromatic N) is 2. The van der Waals surface area contributed by atoms with Crippen LogP contribution in [0.25, 0.3) is 33.2 Å². The number of fused-ring (bicyclic) bond motifs is 3. The lowest BCUT2D eigenvalue weighted by molar-refractivity contribution is 0.0828. The molecule has 0 N–H and O–H groups in total. The average Bonchev–Trinajstić information content (AvgIpc) is 3.00. The van der Waals surface area contributed by atoms with E-state index in [0.29, 0.717) is 11.3 Å². The second-order valence-electron chi connectivity index (χ2n) is 5.88. The molecule has 0 bridgehead atoms. The summed E-state index contributed by atoms with van der Waals surface area (Å²) in [6.07, 6.45) is 1.70. The Morgan fingerprint density at radius 3 is 2.58 bits per heavy atom. The molecule has 4 heteroatoms. The second kappa shape index (κ2) is 5.49. The first kappa shape index (κ1) is 14.5. The van der Waals surface area contributed by atoms with Gasteiger partial charge in [-0.05, 0) is 24.3 Å². The molecule has 0 radical (unpaired) electrons. The number of pyridine rings is 1. The highest BCUT2D eigenvalue weighted by Crippen LogP contribution is 2.36. The maximum Gasteiger partial charge on any atom is 0.255 e. The number of rotatable bonds is 2. The van der Waals surface area contributed by atoms with E-state index in [2.05, 4.69) is 4.98 Å². The Bertz CT molecular complexity index is 1060. The van der Waals surface area contributed by atoms with Crippen LogP contribution >= 0.6 is 0 Å². The molecule has 4 rings (SSSR count). The minimum absolute atomic E-state index is 0.0776. The first-order chi connectivity index (χ1) is 11.7. The topological polar surface area (TPSA) is 46.3 Å². The molecular weight excluding hydrogens is 300 g/mol. The molecule has 0 saturated heterocycles. The Balaban J connectivity index is 2.03. The van der Waals surface area contributed by atoms with Crippen LogP contribution in [0.15, 0.2) is 65.2 Å². The van der Waals surface area contributed by atoms with Crippen LogP contribution in [0.5, 0.6) is 0 Å². The summed E-state index contributed by atoms with van der Waals surface area (Å²) in [4.78, 5) is 18.5. The van der Waals surface area contributed by atoms with E-state index in [0.717, 1.165) is 27.5 Å². The highest BCUT2D eigenvalue weighted by atomic mass is 16.3. The standard InChI is InChI=1S/C20H16N2O2/c1-22(2)20(23)16-10-6-12-21-18(16)15-9-5-8-14-13-7-3-4-11-17(13)24-19(14)15/h3-12H,1-2H3. The zero-order valence-corrected chi connectivity index (χ0v) is 13.5. The van der Waals surface area contributed by atoms with Gasteiger partial charge in [0.1, 0.15) is 11.2 Å². The molecule has 0 unspecified atom stereocenters. The Morgan fingerprint density at radius 1 is 0.958 bits per heavy atom. The van der Waals surface area contributed by atoms with Crippen LogP contribution in [-0.4, -0.2) is 29.9 Å². The van der Waals surface area contributed by atoms with E-state index in [-0.39, 0.29) is 5.91 Å². The molecule has 4 aromatic rings. The van der Waals surface area contributed by atoms with Crippen LogP contribution < -0.4 is 0 Å². The Labute approximate surface area is 139 Å². The van der Waals surface area contributed by atoms with Gasteiger partial charge in [-0.3, -0.25) is 9.78 Å². The SMILES string of the molecule is CN(C)C(=O)c1cccnc1-c1cccc2c1oc1ccccc12. The summed E-state index contributed by atoms with van der Waals surface area (Å²) in [5.74, 6) is -0.0776. The number of hydrogen-bond donors (Lipinski definition) is 0. The van der Waals surface area contributed by atoms with Crippen molar-refractivity contribution in [2.75, 3.05) is 14.1 Å². The minimum atomic E-state index is -0.0776. The highest BCUT2D eigenvalue weighted by Gasteiger charge is 2.19. The van der Waals surface area contributed by atoms with E-state index in [1.54, 1.807) is 37.3 Å². The van der Waals surface area contributed by atoms with E-state index in [1.165, 1.54) is 0 Å². The Hall–Kier alpha value is -3.14. The predicted molar refractivity (Wildman–Crippen MR) is 95.0 cm³/mol. The molecule has 0 atom stereocenters. The number of carbonyl (C=O) groups excluding carboxylic acids is 1. The summed E-state index contributed by atoms with van der Waals surface area (Å²) < 4.78 is 6.07. The predicted octanol–water partition coefficient (Wildman–Crippen LogP) is 4.35. The van der Waals surface area contributed by atoms with Gasteiger partial charge < -0.3 is 9.32 Å². The molecule has 4 nitrogen and oxygen atoms in total. The van der Waals surface area contributed by atoms with Crippen LogP contribution in [0.3, 0.4) is 0 Å². The van der Waals surface area contributed by atoms with Gasteiger partial charge in [-0.25, -0.2) is 0 Å². The Kier molecular flexibility index (Phi) is 3.31. The molecule has 0 aliphatic carbocycles. The fourth-order valence-electron chi connectivity index (χ4n) is 2.97. The van der Waals surface area contributed by atoms with Crippen molar-refractivity contribution in [3.8, 4) is 11.3 Å². The average molecular weight is 316 g/mol. The maximum absolute atomic E-state index is 12.5. The fourth-order valence-corrected chi connectivity index (χ4v) is 2.97. The smallest absolute Gasteiger partial charge is 0.255 e. The molecule has 0 spiro atoms. The van der Waals surface area contributed by atoms with Gasteiger partial charge >= 0.3 is 0 Å². The monoisotopic (exact) mass is 316 g/mol. The summed E-state index contributed by atoms with van der Waals surface area (Å²) in [6.45, 7) is 0. The quantitative estimate of drug-likeness (QED) is 0.552. The number of hydrogen-bond acceptors (Lipinski definition) is 3. The molecular formula is C20H16N2O2. The van der Waals surface area contributed by atoms with E-state index in [1.807, 2.05) is 42.5 Å². The molecule has 1 amide bonds. The molecule has 24 heavy (non-hydrogen) atoms.